The zero-order chi connectivity index (χ0) is 23.9. The first-order valence-electron chi connectivity index (χ1n) is 12.6. The first kappa shape index (κ1) is 27.5. The minimum absolute atomic E-state index is 0. The number of halogens is 1. The van der Waals surface area contributed by atoms with E-state index in [-0.39, 0.29) is 18.4 Å². The van der Waals surface area contributed by atoms with Crippen LogP contribution in [-0.2, 0) is 17.8 Å². The van der Waals surface area contributed by atoms with Gasteiger partial charge < -0.3 is 14.8 Å². The Balaban J connectivity index is 0.00000342. The fourth-order valence-corrected chi connectivity index (χ4v) is 5.19. The molecule has 4 rings (SSSR count). The summed E-state index contributed by atoms with van der Waals surface area (Å²) in [6, 6.07) is 17.4. The van der Waals surface area contributed by atoms with E-state index in [1.165, 1.54) is 31.1 Å². The second kappa shape index (κ2) is 13.3. The number of nitrogens with one attached hydrogen (secondary N) is 1. The third kappa shape index (κ3) is 7.68. The number of carbonyl (C=O) groups excluding carboxylic acids is 1. The van der Waals surface area contributed by atoms with Crippen molar-refractivity contribution < 1.29 is 14.3 Å². The predicted molar refractivity (Wildman–Crippen MR) is 142 cm³/mol. The summed E-state index contributed by atoms with van der Waals surface area (Å²) >= 11 is 0. The number of carbonyl (C=O) groups is 1. The molecule has 2 saturated heterocycles. The minimum atomic E-state index is -0.288. The van der Waals surface area contributed by atoms with Crippen molar-refractivity contribution in [1.82, 2.24) is 15.1 Å². The lowest BCUT2D eigenvalue weighted by atomic mass is 9.99. The number of ether oxygens (including phenoxy) is 2. The van der Waals surface area contributed by atoms with Gasteiger partial charge in [-0.3, -0.25) is 9.80 Å². The lowest BCUT2D eigenvalue weighted by Crippen LogP contribution is -2.55. The molecular weight excluding hydrogens is 462 g/mol. The van der Waals surface area contributed by atoms with Gasteiger partial charge in [-0.1, -0.05) is 24.3 Å². The average Bonchev–Trinajstić information content (AvgIpc) is 2.86. The van der Waals surface area contributed by atoms with Crippen molar-refractivity contribution in [3.8, 4) is 5.75 Å². The van der Waals surface area contributed by atoms with E-state index in [4.69, 9.17) is 9.47 Å². The first-order valence-corrected chi connectivity index (χ1v) is 12.6. The average molecular weight is 502 g/mol. The number of esters is 1. The van der Waals surface area contributed by atoms with Crippen LogP contribution < -0.4 is 10.1 Å². The number of hydrogen-bond donors (Lipinski definition) is 1. The number of piperazine rings is 1. The maximum absolute atomic E-state index is 11.7. The van der Waals surface area contributed by atoms with E-state index >= 15 is 0 Å². The van der Waals surface area contributed by atoms with E-state index in [9.17, 15) is 4.79 Å². The van der Waals surface area contributed by atoms with Gasteiger partial charge in [-0.05, 0) is 81.1 Å². The highest BCUT2D eigenvalue weighted by Crippen LogP contribution is 2.23. The van der Waals surface area contributed by atoms with Crippen LogP contribution in [0, 0.1) is 5.92 Å². The number of rotatable bonds is 8. The van der Waals surface area contributed by atoms with Gasteiger partial charge in [0.25, 0.3) is 0 Å². The molecule has 35 heavy (non-hydrogen) atoms. The van der Waals surface area contributed by atoms with Gasteiger partial charge in [-0.25, -0.2) is 4.79 Å². The van der Waals surface area contributed by atoms with Gasteiger partial charge in [-0.2, -0.15) is 0 Å². The molecule has 2 aliphatic heterocycles. The molecule has 0 aliphatic carbocycles. The van der Waals surface area contributed by atoms with E-state index < -0.39 is 0 Å². The number of hydrogen-bond acceptors (Lipinski definition) is 6. The Morgan fingerprint density at radius 1 is 0.914 bits per heavy atom. The lowest BCUT2D eigenvalue weighted by Gasteiger charge is -2.44. The second-order valence-corrected chi connectivity index (χ2v) is 9.90. The molecule has 0 saturated carbocycles. The Morgan fingerprint density at radius 2 is 1.49 bits per heavy atom. The summed E-state index contributed by atoms with van der Waals surface area (Å²) < 4.78 is 10.9. The summed E-state index contributed by atoms with van der Waals surface area (Å²) in [6.07, 6.45) is 2.41. The number of methoxy groups -OCH3 is 1. The van der Waals surface area contributed by atoms with Crippen LogP contribution in [-0.4, -0.2) is 67.7 Å². The Bertz CT molecular complexity index is 904. The Kier molecular flexibility index (Phi) is 10.4. The van der Waals surface area contributed by atoms with Crippen LogP contribution in [0.15, 0.2) is 48.5 Å². The summed E-state index contributed by atoms with van der Waals surface area (Å²) in [5.41, 5.74) is 3.15. The van der Waals surface area contributed by atoms with Crippen molar-refractivity contribution in [3.63, 3.8) is 0 Å². The van der Waals surface area contributed by atoms with Gasteiger partial charge in [0.05, 0.1) is 19.3 Å². The van der Waals surface area contributed by atoms with Gasteiger partial charge in [0.15, 0.2) is 0 Å². The zero-order valence-electron chi connectivity index (χ0n) is 21.2. The first-order chi connectivity index (χ1) is 16.5. The molecule has 0 unspecified atom stereocenters. The van der Waals surface area contributed by atoms with Gasteiger partial charge >= 0.3 is 5.97 Å². The van der Waals surface area contributed by atoms with Crippen molar-refractivity contribution in [3.05, 3.63) is 65.2 Å². The second-order valence-electron chi connectivity index (χ2n) is 9.90. The highest BCUT2D eigenvalue weighted by Gasteiger charge is 2.29. The van der Waals surface area contributed by atoms with Gasteiger partial charge in [0.2, 0.25) is 0 Å². The minimum Gasteiger partial charge on any atom is -0.493 e. The Hall–Kier alpha value is -2.12. The standard InChI is InChI=1S/C28H39N3O3.ClH/c1-21-16-30(18-23-4-8-26(9-5-23)28(32)33-3)17-22(2)31(21)19-24-6-10-27(11-7-24)34-20-25-12-14-29-15-13-25;/h4-11,21-22,25,29H,12-20H2,1-3H3;1H/t21-,22+;. The summed E-state index contributed by atoms with van der Waals surface area (Å²) in [4.78, 5) is 16.8. The van der Waals surface area contributed by atoms with E-state index in [0.29, 0.717) is 23.6 Å². The van der Waals surface area contributed by atoms with Crippen LogP contribution in [0.2, 0.25) is 0 Å². The molecule has 0 radical (unpaired) electrons. The van der Waals surface area contributed by atoms with E-state index in [1.807, 2.05) is 24.3 Å². The Labute approximate surface area is 216 Å². The molecule has 2 atom stereocenters. The zero-order valence-corrected chi connectivity index (χ0v) is 22.1. The molecule has 1 N–H and O–H groups in total. The summed E-state index contributed by atoms with van der Waals surface area (Å²) in [5.74, 6) is 1.36. The largest absolute Gasteiger partial charge is 0.493 e. The maximum atomic E-state index is 11.7. The van der Waals surface area contributed by atoms with E-state index in [1.54, 1.807) is 0 Å². The monoisotopic (exact) mass is 501 g/mol. The summed E-state index contributed by atoms with van der Waals surface area (Å²) in [7, 11) is 1.41. The number of nitrogens with zero attached hydrogens (tertiary/aromatic N) is 2. The molecule has 0 amide bonds. The normalized spacial score (nSPS) is 21.8. The third-order valence-electron chi connectivity index (χ3n) is 7.19. The third-order valence-corrected chi connectivity index (χ3v) is 7.19. The lowest BCUT2D eigenvalue weighted by molar-refractivity contribution is 0.0290. The fourth-order valence-electron chi connectivity index (χ4n) is 5.19. The van der Waals surface area contributed by atoms with Crippen molar-refractivity contribution in [2.24, 2.45) is 5.92 Å². The quantitative estimate of drug-likeness (QED) is 0.542. The smallest absolute Gasteiger partial charge is 0.337 e. The fraction of sp³-hybridized carbons (Fsp3) is 0.536. The molecule has 2 aromatic rings. The molecule has 2 aliphatic rings. The Morgan fingerprint density at radius 3 is 2.09 bits per heavy atom. The molecule has 6 nitrogen and oxygen atoms in total. The van der Waals surface area contributed by atoms with E-state index in [0.717, 1.165) is 51.6 Å². The van der Waals surface area contributed by atoms with Crippen LogP contribution in [0.3, 0.4) is 0 Å². The number of piperidine rings is 1. The van der Waals surface area contributed by atoms with Gasteiger partial charge in [-0.15, -0.1) is 12.4 Å². The van der Waals surface area contributed by atoms with Gasteiger partial charge in [0, 0.05) is 38.3 Å². The molecule has 2 aromatic carbocycles. The molecule has 0 aromatic heterocycles. The topological polar surface area (TPSA) is 54.0 Å². The highest BCUT2D eigenvalue weighted by molar-refractivity contribution is 5.89. The van der Waals surface area contributed by atoms with Crippen LogP contribution in [0.4, 0.5) is 0 Å². The van der Waals surface area contributed by atoms with Crippen molar-refractivity contribution in [1.29, 1.82) is 0 Å². The molecule has 2 fully saturated rings. The predicted octanol–water partition coefficient (Wildman–Crippen LogP) is 4.37. The summed E-state index contributed by atoms with van der Waals surface area (Å²) in [6.45, 7) is 11.6. The van der Waals surface area contributed by atoms with Gasteiger partial charge in [0.1, 0.15) is 5.75 Å². The molecule has 2 heterocycles. The molecule has 7 heteroatoms. The highest BCUT2D eigenvalue weighted by atomic mass is 35.5. The maximum Gasteiger partial charge on any atom is 0.337 e. The van der Waals surface area contributed by atoms with E-state index in [2.05, 4.69) is 53.2 Å². The number of benzene rings is 2. The van der Waals surface area contributed by atoms with Crippen molar-refractivity contribution in [2.75, 3.05) is 39.9 Å². The molecular formula is C28H40ClN3O3. The SMILES string of the molecule is COC(=O)c1ccc(CN2C[C@@H](C)N(Cc3ccc(OCC4CCNCC4)cc3)[C@@H](C)C2)cc1.Cl. The van der Waals surface area contributed by atoms with Crippen LogP contribution in [0.25, 0.3) is 0 Å². The molecule has 0 bridgehead atoms. The summed E-state index contributed by atoms with van der Waals surface area (Å²) in [5, 5.41) is 3.41. The van der Waals surface area contributed by atoms with Crippen LogP contribution in [0.1, 0.15) is 48.2 Å². The van der Waals surface area contributed by atoms with Crippen LogP contribution in [0.5, 0.6) is 5.75 Å². The molecule has 0 spiro atoms. The van der Waals surface area contributed by atoms with Crippen molar-refractivity contribution >= 4 is 18.4 Å². The molecule has 192 valence electrons. The van der Waals surface area contributed by atoms with Crippen LogP contribution >= 0.6 is 12.4 Å². The van der Waals surface area contributed by atoms with Crippen molar-refractivity contribution in [2.45, 2.75) is 51.9 Å².